The van der Waals surface area contributed by atoms with Gasteiger partial charge in [0.05, 0.1) is 11.8 Å². The molecular formula is C14H27N3O5S. The number of nitrogens with zero attached hydrogens (tertiary/aromatic N) is 1. The Morgan fingerprint density at radius 1 is 1.17 bits per heavy atom. The van der Waals surface area contributed by atoms with Crippen molar-refractivity contribution in [2.45, 2.75) is 51.0 Å². The van der Waals surface area contributed by atoms with Gasteiger partial charge in [-0.2, -0.15) is 0 Å². The average Bonchev–Trinajstić information content (AvgIpc) is 3.01. The molecule has 1 atom stereocenters. The Hall–Kier alpha value is -1.19. The van der Waals surface area contributed by atoms with Gasteiger partial charge in [0.2, 0.25) is 15.9 Å². The summed E-state index contributed by atoms with van der Waals surface area (Å²) >= 11 is 0. The first-order valence-corrected chi connectivity index (χ1v) is 9.70. The van der Waals surface area contributed by atoms with Crippen molar-refractivity contribution in [2.24, 2.45) is 5.73 Å². The van der Waals surface area contributed by atoms with Crippen LogP contribution in [0.25, 0.3) is 0 Å². The lowest BCUT2D eigenvalue weighted by Gasteiger charge is -2.20. The molecule has 9 heteroatoms. The first-order valence-electron chi connectivity index (χ1n) is 8.05. The van der Waals surface area contributed by atoms with Crippen molar-refractivity contribution in [1.82, 2.24) is 9.62 Å². The van der Waals surface area contributed by atoms with E-state index in [0.29, 0.717) is 32.4 Å². The number of likely N-dealkylation sites (tertiary alicyclic amines) is 1. The van der Waals surface area contributed by atoms with Crippen LogP contribution >= 0.6 is 0 Å². The highest BCUT2D eigenvalue weighted by molar-refractivity contribution is 7.89. The number of carbonyl (C=O) groups is 2. The van der Waals surface area contributed by atoms with Gasteiger partial charge in [-0.1, -0.05) is 6.42 Å². The van der Waals surface area contributed by atoms with Gasteiger partial charge in [0.1, 0.15) is 0 Å². The third-order valence-corrected chi connectivity index (χ3v) is 5.24. The largest absolute Gasteiger partial charge is 0.481 e. The van der Waals surface area contributed by atoms with E-state index < -0.39 is 22.0 Å². The summed E-state index contributed by atoms with van der Waals surface area (Å²) in [6, 6.07) is -0.778. The lowest BCUT2D eigenvalue weighted by atomic mass is 10.2. The number of hydrogen-bond acceptors (Lipinski definition) is 5. The highest BCUT2D eigenvalue weighted by atomic mass is 32.2. The van der Waals surface area contributed by atoms with Gasteiger partial charge in [0.25, 0.3) is 0 Å². The summed E-state index contributed by atoms with van der Waals surface area (Å²) in [5.74, 6) is -1.20. The average molecular weight is 349 g/mol. The van der Waals surface area contributed by atoms with E-state index in [1.165, 1.54) is 0 Å². The number of nitrogens with one attached hydrogen (secondary N) is 1. The van der Waals surface area contributed by atoms with E-state index in [1.54, 1.807) is 4.90 Å². The molecule has 23 heavy (non-hydrogen) atoms. The number of unbranched alkanes of at least 4 members (excludes halogenated alkanes) is 2. The smallest absolute Gasteiger partial charge is 0.303 e. The summed E-state index contributed by atoms with van der Waals surface area (Å²) in [6.45, 7) is 1.68. The topological polar surface area (TPSA) is 130 Å². The number of aliphatic carboxylic acids is 1. The number of carboxylic acid groups (broad SMARTS) is 1. The van der Waals surface area contributed by atoms with Crippen LogP contribution in [0.1, 0.15) is 44.9 Å². The molecular weight excluding hydrogens is 322 g/mol. The monoisotopic (exact) mass is 349 g/mol. The Labute approximate surface area is 137 Å². The van der Waals surface area contributed by atoms with Gasteiger partial charge in [-0.05, 0) is 32.1 Å². The number of sulfonamides is 1. The van der Waals surface area contributed by atoms with Gasteiger partial charge in [-0.15, -0.1) is 0 Å². The molecule has 0 aromatic rings. The van der Waals surface area contributed by atoms with Crippen LogP contribution in [0.2, 0.25) is 0 Å². The van der Waals surface area contributed by atoms with E-state index in [-0.39, 0.29) is 31.0 Å². The van der Waals surface area contributed by atoms with Crippen LogP contribution in [0.5, 0.6) is 0 Å². The second-order valence-corrected chi connectivity index (χ2v) is 7.77. The Morgan fingerprint density at radius 3 is 2.43 bits per heavy atom. The highest BCUT2D eigenvalue weighted by Crippen LogP contribution is 2.10. The van der Waals surface area contributed by atoms with Crippen molar-refractivity contribution in [3.05, 3.63) is 0 Å². The third-order valence-electron chi connectivity index (χ3n) is 3.82. The van der Waals surface area contributed by atoms with E-state index in [4.69, 9.17) is 10.8 Å². The second kappa shape index (κ2) is 9.84. The quantitative estimate of drug-likeness (QED) is 0.446. The summed E-state index contributed by atoms with van der Waals surface area (Å²) in [7, 11) is -3.45. The molecule has 4 N–H and O–H groups in total. The molecule has 1 fully saturated rings. The molecule has 1 heterocycles. The Balaban J connectivity index is 2.18. The fourth-order valence-corrected chi connectivity index (χ4v) is 3.62. The Morgan fingerprint density at radius 2 is 1.83 bits per heavy atom. The summed E-state index contributed by atoms with van der Waals surface area (Å²) in [5, 5.41) is 8.49. The van der Waals surface area contributed by atoms with Crippen LogP contribution in [0.4, 0.5) is 0 Å². The van der Waals surface area contributed by atoms with Gasteiger partial charge in [-0.25, -0.2) is 13.1 Å². The molecule has 1 aliphatic rings. The molecule has 0 unspecified atom stereocenters. The predicted molar refractivity (Wildman–Crippen MR) is 86.3 cm³/mol. The SMILES string of the molecule is N[C@@H](CCS(=O)(=O)NCCCCCC(=O)O)C(=O)N1CCCC1. The molecule has 0 bridgehead atoms. The minimum absolute atomic E-state index is 0.0974. The van der Waals surface area contributed by atoms with Crippen LogP contribution in [-0.4, -0.2) is 61.7 Å². The van der Waals surface area contributed by atoms with Crippen LogP contribution in [0.15, 0.2) is 0 Å². The van der Waals surface area contributed by atoms with Crippen molar-refractivity contribution < 1.29 is 23.1 Å². The van der Waals surface area contributed by atoms with Gasteiger partial charge in [0.15, 0.2) is 0 Å². The molecule has 0 aromatic carbocycles. The molecule has 1 aliphatic heterocycles. The van der Waals surface area contributed by atoms with Crippen molar-refractivity contribution in [3.8, 4) is 0 Å². The maximum Gasteiger partial charge on any atom is 0.303 e. The summed E-state index contributed by atoms with van der Waals surface area (Å²) < 4.78 is 26.1. The van der Waals surface area contributed by atoms with E-state index in [9.17, 15) is 18.0 Å². The molecule has 134 valence electrons. The number of rotatable bonds is 11. The number of nitrogens with two attached hydrogens (primary N) is 1. The Kier molecular flexibility index (Phi) is 8.49. The Bertz CT molecular complexity index is 489. The molecule has 8 nitrogen and oxygen atoms in total. The molecule has 0 radical (unpaired) electrons. The third kappa shape index (κ3) is 8.29. The normalized spacial score (nSPS) is 16.5. The zero-order chi connectivity index (χ0) is 17.3. The lowest BCUT2D eigenvalue weighted by Crippen LogP contribution is -2.43. The molecule has 1 saturated heterocycles. The first-order chi connectivity index (χ1) is 10.8. The van der Waals surface area contributed by atoms with Crippen molar-refractivity contribution >= 4 is 21.9 Å². The molecule has 0 aliphatic carbocycles. The van der Waals surface area contributed by atoms with E-state index >= 15 is 0 Å². The second-order valence-electron chi connectivity index (χ2n) is 5.85. The highest BCUT2D eigenvalue weighted by Gasteiger charge is 2.24. The van der Waals surface area contributed by atoms with E-state index in [1.807, 2.05) is 0 Å². The zero-order valence-corrected chi connectivity index (χ0v) is 14.2. The van der Waals surface area contributed by atoms with Crippen LogP contribution in [-0.2, 0) is 19.6 Å². The molecule has 0 saturated carbocycles. The lowest BCUT2D eigenvalue weighted by molar-refractivity contribution is -0.137. The first kappa shape index (κ1) is 19.9. The maximum atomic E-state index is 12.0. The standard InChI is InChI=1S/C14H27N3O5S/c15-12(14(20)17-9-4-5-10-17)7-11-23(21,22)16-8-3-1-2-6-13(18)19/h12,16H,1-11,15H2,(H,18,19)/t12-/m0/s1. The molecule has 0 aromatic heterocycles. The van der Waals surface area contributed by atoms with Crippen LogP contribution in [0.3, 0.4) is 0 Å². The van der Waals surface area contributed by atoms with Crippen molar-refractivity contribution in [2.75, 3.05) is 25.4 Å². The van der Waals surface area contributed by atoms with E-state index in [2.05, 4.69) is 4.72 Å². The van der Waals surface area contributed by atoms with Crippen molar-refractivity contribution in [3.63, 3.8) is 0 Å². The fraction of sp³-hybridized carbons (Fsp3) is 0.857. The van der Waals surface area contributed by atoms with Gasteiger partial charge in [0, 0.05) is 26.1 Å². The molecule has 1 amide bonds. The number of carboxylic acids is 1. The maximum absolute atomic E-state index is 12.0. The molecule has 0 spiro atoms. The summed E-state index contributed by atoms with van der Waals surface area (Å²) in [6.07, 6.45) is 3.92. The van der Waals surface area contributed by atoms with Gasteiger partial charge in [-0.3, -0.25) is 9.59 Å². The van der Waals surface area contributed by atoms with Gasteiger partial charge >= 0.3 is 5.97 Å². The van der Waals surface area contributed by atoms with Crippen LogP contribution in [0, 0.1) is 0 Å². The summed E-state index contributed by atoms with van der Waals surface area (Å²) in [5.41, 5.74) is 5.79. The predicted octanol–water partition coefficient (Wildman–Crippen LogP) is -0.109. The number of amides is 1. The van der Waals surface area contributed by atoms with E-state index in [0.717, 1.165) is 12.8 Å². The number of carbonyl (C=O) groups excluding carboxylic acids is 1. The number of hydrogen-bond donors (Lipinski definition) is 3. The zero-order valence-electron chi connectivity index (χ0n) is 13.4. The molecule has 1 rings (SSSR count). The minimum Gasteiger partial charge on any atom is -0.481 e. The van der Waals surface area contributed by atoms with Gasteiger partial charge < -0.3 is 15.7 Å². The van der Waals surface area contributed by atoms with Crippen LogP contribution < -0.4 is 10.5 Å². The minimum atomic E-state index is -3.45. The summed E-state index contributed by atoms with van der Waals surface area (Å²) in [4.78, 5) is 24.0. The van der Waals surface area contributed by atoms with Crippen molar-refractivity contribution in [1.29, 1.82) is 0 Å². The fourth-order valence-electron chi connectivity index (χ4n) is 2.46.